The first-order chi connectivity index (χ1) is 7.65. The molecule has 1 aromatic carbocycles. The van der Waals surface area contributed by atoms with Crippen molar-refractivity contribution in [3.63, 3.8) is 0 Å². The van der Waals surface area contributed by atoms with Gasteiger partial charge in [-0.3, -0.25) is 4.68 Å². The van der Waals surface area contributed by atoms with Gasteiger partial charge in [-0.1, -0.05) is 6.07 Å². The van der Waals surface area contributed by atoms with Crippen molar-refractivity contribution in [2.24, 2.45) is 7.05 Å². The minimum Gasteiger partial charge on any atom is -0.378 e. The lowest BCUT2D eigenvalue weighted by molar-refractivity contribution is 0.507. The SMILES string of the molecule is Cn1cc(NCc2ccc(F)c(F)c2)cn1. The fraction of sp³-hybridized carbons (Fsp3) is 0.182. The van der Waals surface area contributed by atoms with Crippen molar-refractivity contribution in [1.29, 1.82) is 0 Å². The average Bonchev–Trinajstić information content (AvgIpc) is 2.66. The Kier molecular flexibility index (Phi) is 2.85. The highest BCUT2D eigenvalue weighted by Crippen LogP contribution is 2.11. The quantitative estimate of drug-likeness (QED) is 0.865. The first-order valence-corrected chi connectivity index (χ1v) is 4.81. The molecular formula is C11H11F2N3. The molecule has 0 fully saturated rings. The lowest BCUT2D eigenvalue weighted by Gasteiger charge is -2.03. The van der Waals surface area contributed by atoms with Gasteiger partial charge in [-0.15, -0.1) is 0 Å². The summed E-state index contributed by atoms with van der Waals surface area (Å²) >= 11 is 0. The Balaban J connectivity index is 2.02. The van der Waals surface area contributed by atoms with Gasteiger partial charge in [-0.05, 0) is 17.7 Å². The van der Waals surface area contributed by atoms with Crippen LogP contribution in [0.1, 0.15) is 5.56 Å². The largest absolute Gasteiger partial charge is 0.378 e. The van der Waals surface area contributed by atoms with Gasteiger partial charge >= 0.3 is 0 Å². The van der Waals surface area contributed by atoms with Gasteiger partial charge in [-0.2, -0.15) is 5.10 Å². The Bertz CT molecular complexity index is 494. The number of hydrogen-bond acceptors (Lipinski definition) is 2. The predicted molar refractivity (Wildman–Crippen MR) is 56.9 cm³/mol. The van der Waals surface area contributed by atoms with Crippen LogP contribution in [0.5, 0.6) is 0 Å². The molecule has 2 rings (SSSR count). The number of aryl methyl sites for hydroxylation is 1. The summed E-state index contributed by atoms with van der Waals surface area (Å²) in [5, 5.41) is 7.04. The number of hydrogen-bond donors (Lipinski definition) is 1. The molecule has 0 atom stereocenters. The highest BCUT2D eigenvalue weighted by molar-refractivity contribution is 5.39. The number of benzene rings is 1. The minimum absolute atomic E-state index is 0.433. The zero-order valence-electron chi connectivity index (χ0n) is 8.74. The van der Waals surface area contributed by atoms with Gasteiger partial charge in [0.25, 0.3) is 0 Å². The van der Waals surface area contributed by atoms with Crippen LogP contribution < -0.4 is 5.32 Å². The molecule has 2 aromatic rings. The molecule has 1 aromatic heterocycles. The normalized spacial score (nSPS) is 10.4. The molecule has 0 aliphatic rings. The van der Waals surface area contributed by atoms with E-state index in [2.05, 4.69) is 10.4 Å². The number of nitrogens with one attached hydrogen (secondary N) is 1. The van der Waals surface area contributed by atoms with Crippen LogP contribution in [0.3, 0.4) is 0 Å². The molecule has 1 N–H and O–H groups in total. The molecule has 84 valence electrons. The number of aromatic nitrogens is 2. The van der Waals surface area contributed by atoms with E-state index in [0.717, 1.165) is 11.8 Å². The van der Waals surface area contributed by atoms with Crippen LogP contribution in [0.15, 0.2) is 30.6 Å². The van der Waals surface area contributed by atoms with Gasteiger partial charge < -0.3 is 5.32 Å². The maximum atomic E-state index is 12.9. The molecule has 0 aliphatic heterocycles. The zero-order valence-corrected chi connectivity index (χ0v) is 8.74. The third kappa shape index (κ3) is 2.36. The minimum atomic E-state index is -0.829. The molecule has 0 bridgehead atoms. The average molecular weight is 223 g/mol. The van der Waals surface area contributed by atoms with E-state index in [1.54, 1.807) is 23.1 Å². The lowest BCUT2D eigenvalue weighted by Crippen LogP contribution is -1.99. The molecule has 16 heavy (non-hydrogen) atoms. The van der Waals surface area contributed by atoms with Crippen molar-refractivity contribution in [2.45, 2.75) is 6.54 Å². The van der Waals surface area contributed by atoms with E-state index in [-0.39, 0.29) is 0 Å². The summed E-state index contributed by atoms with van der Waals surface area (Å²) < 4.78 is 27.2. The van der Waals surface area contributed by atoms with Gasteiger partial charge in [0, 0.05) is 19.8 Å². The molecule has 0 radical (unpaired) electrons. The molecule has 0 aliphatic carbocycles. The van der Waals surface area contributed by atoms with Crippen molar-refractivity contribution in [3.05, 3.63) is 47.8 Å². The van der Waals surface area contributed by atoms with Crippen molar-refractivity contribution >= 4 is 5.69 Å². The molecule has 0 unspecified atom stereocenters. The maximum absolute atomic E-state index is 12.9. The van der Waals surface area contributed by atoms with Crippen LogP contribution >= 0.6 is 0 Å². The van der Waals surface area contributed by atoms with E-state index >= 15 is 0 Å². The van der Waals surface area contributed by atoms with Crippen molar-refractivity contribution in [2.75, 3.05) is 5.32 Å². The lowest BCUT2D eigenvalue weighted by atomic mass is 10.2. The third-order valence-corrected chi connectivity index (χ3v) is 2.19. The van der Waals surface area contributed by atoms with Crippen LogP contribution in [0.25, 0.3) is 0 Å². The summed E-state index contributed by atoms with van der Waals surface area (Å²) in [6, 6.07) is 3.84. The fourth-order valence-electron chi connectivity index (χ4n) is 1.37. The monoisotopic (exact) mass is 223 g/mol. The second-order valence-corrected chi connectivity index (χ2v) is 3.50. The van der Waals surface area contributed by atoms with Crippen molar-refractivity contribution < 1.29 is 8.78 Å². The van der Waals surface area contributed by atoms with E-state index in [1.807, 2.05) is 7.05 Å². The number of rotatable bonds is 3. The van der Waals surface area contributed by atoms with E-state index in [0.29, 0.717) is 12.1 Å². The molecule has 5 heteroatoms. The molecule has 0 saturated heterocycles. The van der Waals surface area contributed by atoms with Crippen LogP contribution in [0.4, 0.5) is 14.5 Å². The first kappa shape index (κ1) is 10.6. The van der Waals surface area contributed by atoms with Crippen LogP contribution in [0.2, 0.25) is 0 Å². The molecule has 1 heterocycles. The van der Waals surface area contributed by atoms with E-state index in [1.165, 1.54) is 6.07 Å². The summed E-state index contributed by atoms with van der Waals surface area (Å²) in [6.45, 7) is 0.433. The van der Waals surface area contributed by atoms with Crippen LogP contribution in [-0.4, -0.2) is 9.78 Å². The van der Waals surface area contributed by atoms with Gasteiger partial charge in [0.15, 0.2) is 11.6 Å². The fourth-order valence-corrected chi connectivity index (χ4v) is 1.37. The highest BCUT2D eigenvalue weighted by Gasteiger charge is 2.02. The summed E-state index contributed by atoms with van der Waals surface area (Å²) in [5.74, 6) is -1.66. The van der Waals surface area contributed by atoms with Gasteiger partial charge in [-0.25, -0.2) is 8.78 Å². The third-order valence-electron chi connectivity index (χ3n) is 2.19. The van der Waals surface area contributed by atoms with Crippen molar-refractivity contribution in [3.8, 4) is 0 Å². The Morgan fingerprint density at radius 2 is 2.12 bits per heavy atom. The number of anilines is 1. The van der Waals surface area contributed by atoms with Gasteiger partial charge in [0.1, 0.15) is 0 Å². The van der Waals surface area contributed by atoms with Crippen LogP contribution in [-0.2, 0) is 13.6 Å². The smallest absolute Gasteiger partial charge is 0.159 e. The van der Waals surface area contributed by atoms with Crippen LogP contribution in [0, 0.1) is 11.6 Å². The highest BCUT2D eigenvalue weighted by atomic mass is 19.2. The van der Waals surface area contributed by atoms with E-state index < -0.39 is 11.6 Å². The second-order valence-electron chi connectivity index (χ2n) is 3.50. The Morgan fingerprint density at radius 1 is 1.31 bits per heavy atom. The first-order valence-electron chi connectivity index (χ1n) is 4.81. The second kappa shape index (κ2) is 4.30. The topological polar surface area (TPSA) is 29.9 Å². The summed E-state index contributed by atoms with van der Waals surface area (Å²) in [5.41, 5.74) is 1.52. The van der Waals surface area contributed by atoms with Gasteiger partial charge in [0.05, 0.1) is 11.9 Å². The molecule has 0 amide bonds. The molecule has 0 saturated carbocycles. The van der Waals surface area contributed by atoms with E-state index in [4.69, 9.17) is 0 Å². The Hall–Kier alpha value is -1.91. The standard InChI is InChI=1S/C11H11F2N3/c1-16-7-9(6-15-16)14-5-8-2-3-10(12)11(13)4-8/h2-4,6-7,14H,5H2,1H3. The molecule has 0 spiro atoms. The zero-order chi connectivity index (χ0) is 11.5. The summed E-state index contributed by atoms with van der Waals surface area (Å²) in [4.78, 5) is 0. The number of nitrogens with zero attached hydrogens (tertiary/aromatic N) is 2. The summed E-state index contributed by atoms with van der Waals surface area (Å²) in [7, 11) is 1.81. The van der Waals surface area contributed by atoms with Crippen molar-refractivity contribution in [1.82, 2.24) is 9.78 Å². The Morgan fingerprint density at radius 3 is 2.75 bits per heavy atom. The predicted octanol–water partition coefficient (Wildman–Crippen LogP) is 2.31. The molecule has 3 nitrogen and oxygen atoms in total. The summed E-state index contributed by atoms with van der Waals surface area (Å²) in [6.07, 6.45) is 3.47. The number of halogens is 2. The Labute approximate surface area is 91.7 Å². The maximum Gasteiger partial charge on any atom is 0.159 e. The molecular weight excluding hydrogens is 212 g/mol. The van der Waals surface area contributed by atoms with Gasteiger partial charge in [0.2, 0.25) is 0 Å². The van der Waals surface area contributed by atoms with E-state index in [9.17, 15) is 8.78 Å².